The average molecular weight is 450 g/mol. The molecule has 0 spiro atoms. The van der Waals surface area contributed by atoms with Crippen molar-refractivity contribution in [1.82, 2.24) is 25.1 Å². The van der Waals surface area contributed by atoms with Gasteiger partial charge in [0.05, 0.1) is 21.0 Å². The van der Waals surface area contributed by atoms with Crippen molar-refractivity contribution in [3.05, 3.63) is 52.8 Å². The first-order chi connectivity index (χ1) is 13.9. The first-order valence-corrected chi connectivity index (χ1v) is 10.8. The van der Waals surface area contributed by atoms with Gasteiger partial charge in [-0.2, -0.15) is 0 Å². The van der Waals surface area contributed by atoms with Gasteiger partial charge in [0.25, 0.3) is 0 Å². The van der Waals surface area contributed by atoms with E-state index in [0.717, 1.165) is 17.7 Å². The summed E-state index contributed by atoms with van der Waals surface area (Å²) in [5.41, 5.74) is 1.55. The molecule has 6 nitrogen and oxygen atoms in total. The lowest BCUT2D eigenvalue weighted by molar-refractivity contribution is -0.120. The average Bonchev–Trinajstić information content (AvgIpc) is 3.14. The van der Waals surface area contributed by atoms with Crippen LogP contribution in [0.4, 0.5) is 0 Å². The highest BCUT2D eigenvalue weighted by Crippen LogP contribution is 2.32. The maximum absolute atomic E-state index is 12.5. The number of benzene rings is 1. The lowest BCUT2D eigenvalue weighted by atomic mass is 10.2. The van der Waals surface area contributed by atoms with Gasteiger partial charge in [-0.1, -0.05) is 41.9 Å². The van der Waals surface area contributed by atoms with E-state index in [9.17, 15) is 4.79 Å². The van der Waals surface area contributed by atoms with Crippen LogP contribution in [0.5, 0.6) is 0 Å². The lowest BCUT2D eigenvalue weighted by Crippen LogP contribution is -2.37. The molecule has 1 aromatic carbocycles. The van der Waals surface area contributed by atoms with Crippen molar-refractivity contribution in [1.29, 1.82) is 0 Å². The van der Waals surface area contributed by atoms with E-state index in [1.165, 1.54) is 11.8 Å². The van der Waals surface area contributed by atoms with Crippen LogP contribution in [0.3, 0.4) is 0 Å². The predicted molar refractivity (Wildman–Crippen MR) is 118 cm³/mol. The number of nitrogens with zero attached hydrogens (tertiary/aromatic N) is 4. The fourth-order valence-electron chi connectivity index (χ4n) is 2.56. The number of pyridine rings is 1. The molecule has 1 amide bonds. The highest BCUT2D eigenvalue weighted by atomic mass is 35.5. The van der Waals surface area contributed by atoms with Crippen LogP contribution in [0.1, 0.15) is 27.2 Å². The molecular formula is C20H21Cl2N5OS. The molecule has 2 aromatic heterocycles. The van der Waals surface area contributed by atoms with Crippen molar-refractivity contribution < 1.29 is 4.79 Å². The number of carbonyl (C=O) groups excluding carboxylic acids is 1. The van der Waals surface area contributed by atoms with Gasteiger partial charge in [0.2, 0.25) is 5.91 Å². The summed E-state index contributed by atoms with van der Waals surface area (Å²) in [6.45, 7) is 5.86. The highest BCUT2D eigenvalue weighted by molar-refractivity contribution is 8.00. The number of rotatable bonds is 7. The smallest absolute Gasteiger partial charge is 0.233 e. The third-order valence-corrected chi connectivity index (χ3v) is 6.15. The third-order valence-electron chi connectivity index (χ3n) is 4.37. The summed E-state index contributed by atoms with van der Waals surface area (Å²) < 4.78 is 1.86. The van der Waals surface area contributed by atoms with Crippen molar-refractivity contribution >= 4 is 40.9 Å². The van der Waals surface area contributed by atoms with E-state index >= 15 is 0 Å². The molecule has 0 aliphatic rings. The minimum Gasteiger partial charge on any atom is -0.353 e. The standard InChI is InChI=1S/C20H21Cl2N5OS/c1-4-12(2)24-19(28)13(3)29-20-26-25-18(14-6-5-9-23-11-14)27(20)15-7-8-16(21)17(22)10-15/h5-13H,4H2,1-3H3,(H,24,28)/t12-,13+/m0/s1. The molecule has 0 saturated heterocycles. The van der Waals surface area contributed by atoms with Crippen molar-refractivity contribution in [2.75, 3.05) is 0 Å². The van der Waals surface area contributed by atoms with Gasteiger partial charge in [-0.25, -0.2) is 0 Å². The number of hydrogen-bond donors (Lipinski definition) is 1. The van der Waals surface area contributed by atoms with Crippen LogP contribution in [0.2, 0.25) is 10.0 Å². The molecule has 3 aromatic rings. The quantitative estimate of drug-likeness (QED) is 0.511. The maximum atomic E-state index is 12.5. The van der Waals surface area contributed by atoms with Crippen molar-refractivity contribution in [3.8, 4) is 17.1 Å². The van der Waals surface area contributed by atoms with Gasteiger partial charge in [-0.15, -0.1) is 10.2 Å². The molecule has 0 bridgehead atoms. The molecule has 29 heavy (non-hydrogen) atoms. The molecule has 2 atom stereocenters. The zero-order valence-electron chi connectivity index (χ0n) is 16.3. The second kappa shape index (κ2) is 9.61. The van der Waals surface area contributed by atoms with Crippen LogP contribution in [0, 0.1) is 0 Å². The molecule has 3 rings (SSSR count). The summed E-state index contributed by atoms with van der Waals surface area (Å²) >= 11 is 13.7. The molecule has 9 heteroatoms. The number of nitrogens with one attached hydrogen (secondary N) is 1. The van der Waals surface area contributed by atoms with Gasteiger partial charge in [0.1, 0.15) is 0 Å². The molecule has 0 fully saturated rings. The Hall–Kier alpha value is -2.09. The van der Waals surface area contributed by atoms with Gasteiger partial charge in [-0.05, 0) is 50.6 Å². The normalized spacial score (nSPS) is 13.1. The number of thioether (sulfide) groups is 1. The van der Waals surface area contributed by atoms with Crippen molar-refractivity contribution in [2.24, 2.45) is 0 Å². The Morgan fingerprint density at radius 2 is 2.00 bits per heavy atom. The molecule has 0 unspecified atom stereocenters. The summed E-state index contributed by atoms with van der Waals surface area (Å²) in [5.74, 6) is 0.560. The first-order valence-electron chi connectivity index (χ1n) is 9.19. The fourth-order valence-corrected chi connectivity index (χ4v) is 3.73. The lowest BCUT2D eigenvalue weighted by Gasteiger charge is -2.16. The fraction of sp³-hybridized carbons (Fsp3) is 0.300. The SMILES string of the molecule is CC[C@H](C)NC(=O)[C@@H](C)Sc1nnc(-c2cccnc2)n1-c1ccc(Cl)c(Cl)c1. The monoisotopic (exact) mass is 449 g/mol. The van der Waals surface area contributed by atoms with Crippen LogP contribution < -0.4 is 5.32 Å². The topological polar surface area (TPSA) is 72.7 Å². The molecule has 0 aliphatic heterocycles. The number of halogens is 2. The number of carbonyl (C=O) groups is 1. The van der Waals surface area contributed by atoms with Crippen molar-refractivity contribution in [2.45, 2.75) is 43.6 Å². The number of amides is 1. The van der Waals surface area contributed by atoms with Gasteiger partial charge in [-0.3, -0.25) is 14.3 Å². The number of hydrogen-bond acceptors (Lipinski definition) is 5. The van der Waals surface area contributed by atoms with Crippen LogP contribution in [-0.2, 0) is 4.79 Å². The summed E-state index contributed by atoms with van der Waals surface area (Å²) in [7, 11) is 0. The molecule has 2 heterocycles. The van der Waals surface area contributed by atoms with E-state index in [4.69, 9.17) is 23.2 Å². The van der Waals surface area contributed by atoms with Crippen LogP contribution >= 0.6 is 35.0 Å². The maximum Gasteiger partial charge on any atom is 0.233 e. The zero-order valence-corrected chi connectivity index (χ0v) is 18.6. The second-order valence-electron chi connectivity index (χ2n) is 6.56. The van der Waals surface area contributed by atoms with E-state index in [2.05, 4.69) is 20.5 Å². The summed E-state index contributed by atoms with van der Waals surface area (Å²) in [5, 5.41) is 12.8. The molecule has 152 valence electrons. The molecule has 0 saturated carbocycles. The Labute approximate surface area is 184 Å². The van der Waals surface area contributed by atoms with Crippen LogP contribution in [0.15, 0.2) is 47.9 Å². The summed E-state index contributed by atoms with van der Waals surface area (Å²) in [6, 6.07) is 9.16. The van der Waals surface area contributed by atoms with Gasteiger partial charge >= 0.3 is 0 Å². The Balaban J connectivity index is 2.00. The van der Waals surface area contributed by atoms with Crippen LogP contribution in [-0.4, -0.2) is 36.9 Å². The predicted octanol–water partition coefficient (Wildman–Crippen LogP) is 5.03. The first kappa shape index (κ1) is 21.6. The second-order valence-corrected chi connectivity index (χ2v) is 8.68. The largest absolute Gasteiger partial charge is 0.353 e. The summed E-state index contributed by atoms with van der Waals surface area (Å²) in [6.07, 6.45) is 4.28. The van der Waals surface area contributed by atoms with Gasteiger partial charge in [0.15, 0.2) is 11.0 Å². The Morgan fingerprint density at radius 3 is 2.66 bits per heavy atom. The van der Waals surface area contributed by atoms with E-state index in [0.29, 0.717) is 21.0 Å². The molecular weight excluding hydrogens is 429 g/mol. The van der Waals surface area contributed by atoms with E-state index in [1.807, 2.05) is 43.5 Å². The Morgan fingerprint density at radius 1 is 1.21 bits per heavy atom. The molecule has 0 aliphatic carbocycles. The zero-order chi connectivity index (χ0) is 21.0. The molecule has 1 N–H and O–H groups in total. The minimum absolute atomic E-state index is 0.0454. The minimum atomic E-state index is -0.350. The molecule has 0 radical (unpaired) electrons. The van der Waals surface area contributed by atoms with Crippen molar-refractivity contribution in [3.63, 3.8) is 0 Å². The third kappa shape index (κ3) is 5.10. The Bertz CT molecular complexity index is 996. The van der Waals surface area contributed by atoms with Gasteiger partial charge < -0.3 is 5.32 Å². The van der Waals surface area contributed by atoms with E-state index in [1.54, 1.807) is 24.5 Å². The summed E-state index contributed by atoms with van der Waals surface area (Å²) in [4.78, 5) is 16.7. The number of aromatic nitrogens is 4. The van der Waals surface area contributed by atoms with Crippen LogP contribution in [0.25, 0.3) is 17.1 Å². The Kier molecular flexibility index (Phi) is 7.16. The highest BCUT2D eigenvalue weighted by Gasteiger charge is 2.23. The van der Waals surface area contributed by atoms with E-state index < -0.39 is 0 Å². The van der Waals surface area contributed by atoms with E-state index in [-0.39, 0.29) is 17.2 Å². The van der Waals surface area contributed by atoms with Gasteiger partial charge in [0, 0.05) is 24.0 Å².